The van der Waals surface area contributed by atoms with Crippen LogP contribution in [0.1, 0.15) is 36.5 Å². The van der Waals surface area contributed by atoms with E-state index >= 15 is 0 Å². The summed E-state index contributed by atoms with van der Waals surface area (Å²) in [5.74, 6) is 1.07. The molecule has 1 aliphatic heterocycles. The van der Waals surface area contributed by atoms with Gasteiger partial charge in [-0.1, -0.05) is 30.3 Å². The van der Waals surface area contributed by atoms with Gasteiger partial charge in [-0.15, -0.1) is 0 Å². The molecule has 3 rings (SSSR count). The van der Waals surface area contributed by atoms with Gasteiger partial charge >= 0.3 is 0 Å². The highest BCUT2D eigenvalue weighted by Gasteiger charge is 2.23. The quantitative estimate of drug-likeness (QED) is 0.601. The predicted molar refractivity (Wildman–Crippen MR) is 117 cm³/mol. The molecule has 0 saturated carbocycles. The zero-order chi connectivity index (χ0) is 22.3. The SMILES string of the molecule is CC(=O)c1ccc(S(=O)(=O)NCCC(=O)N2CCC(COc3ccccc3)CC2)cc1. The Morgan fingerprint density at radius 1 is 1.03 bits per heavy atom. The highest BCUT2D eigenvalue weighted by atomic mass is 32.2. The second-order valence-electron chi connectivity index (χ2n) is 7.68. The number of benzene rings is 2. The molecule has 2 aromatic rings. The normalized spacial score (nSPS) is 14.9. The van der Waals surface area contributed by atoms with Gasteiger partial charge in [-0.05, 0) is 49.9 Å². The molecule has 0 unspecified atom stereocenters. The van der Waals surface area contributed by atoms with Crippen LogP contribution in [-0.2, 0) is 14.8 Å². The van der Waals surface area contributed by atoms with Crippen LogP contribution in [0.5, 0.6) is 5.75 Å². The van der Waals surface area contributed by atoms with E-state index in [1.54, 1.807) is 4.90 Å². The average Bonchev–Trinajstić information content (AvgIpc) is 2.78. The first kappa shape index (κ1) is 23.0. The van der Waals surface area contributed by atoms with Gasteiger partial charge in [0.15, 0.2) is 5.78 Å². The van der Waals surface area contributed by atoms with Crippen LogP contribution < -0.4 is 9.46 Å². The van der Waals surface area contributed by atoms with Crippen molar-refractivity contribution >= 4 is 21.7 Å². The lowest BCUT2D eigenvalue weighted by atomic mass is 9.97. The number of rotatable bonds is 9. The molecule has 0 atom stereocenters. The summed E-state index contributed by atoms with van der Waals surface area (Å²) in [4.78, 5) is 25.6. The van der Waals surface area contributed by atoms with Crippen molar-refractivity contribution in [2.24, 2.45) is 5.92 Å². The Balaban J connectivity index is 1.39. The number of carbonyl (C=O) groups excluding carboxylic acids is 2. The molecule has 1 amide bonds. The Hall–Kier alpha value is -2.71. The second-order valence-corrected chi connectivity index (χ2v) is 9.44. The molecule has 2 aromatic carbocycles. The third kappa shape index (κ3) is 6.63. The number of piperidine rings is 1. The number of para-hydroxylation sites is 1. The van der Waals surface area contributed by atoms with E-state index in [1.807, 2.05) is 30.3 Å². The number of carbonyl (C=O) groups is 2. The lowest BCUT2D eigenvalue weighted by molar-refractivity contribution is -0.132. The van der Waals surface area contributed by atoms with Gasteiger partial charge in [0.2, 0.25) is 15.9 Å². The van der Waals surface area contributed by atoms with E-state index in [0.29, 0.717) is 31.2 Å². The van der Waals surface area contributed by atoms with Crippen LogP contribution in [-0.4, -0.2) is 51.2 Å². The maximum atomic E-state index is 12.4. The minimum Gasteiger partial charge on any atom is -0.493 e. The van der Waals surface area contributed by atoms with E-state index in [2.05, 4.69) is 4.72 Å². The highest BCUT2D eigenvalue weighted by molar-refractivity contribution is 7.89. The Morgan fingerprint density at radius 3 is 2.29 bits per heavy atom. The van der Waals surface area contributed by atoms with Crippen molar-refractivity contribution < 1.29 is 22.7 Å². The van der Waals surface area contributed by atoms with E-state index in [1.165, 1.54) is 31.2 Å². The summed E-state index contributed by atoms with van der Waals surface area (Å²) in [5.41, 5.74) is 0.451. The largest absolute Gasteiger partial charge is 0.493 e. The molecule has 1 heterocycles. The molecule has 1 N–H and O–H groups in total. The zero-order valence-electron chi connectivity index (χ0n) is 17.6. The summed E-state index contributed by atoms with van der Waals surface area (Å²) < 4.78 is 33.0. The number of nitrogens with zero attached hydrogens (tertiary/aromatic N) is 1. The van der Waals surface area contributed by atoms with Crippen LogP contribution in [0.3, 0.4) is 0 Å². The first-order valence-electron chi connectivity index (χ1n) is 10.4. The molecule has 0 bridgehead atoms. The predicted octanol–water partition coefficient (Wildman–Crippen LogP) is 2.88. The first-order chi connectivity index (χ1) is 14.8. The average molecular weight is 445 g/mol. The Morgan fingerprint density at radius 2 is 1.68 bits per heavy atom. The van der Waals surface area contributed by atoms with E-state index < -0.39 is 10.0 Å². The third-order valence-electron chi connectivity index (χ3n) is 5.40. The van der Waals surface area contributed by atoms with Gasteiger partial charge in [-0.3, -0.25) is 9.59 Å². The molecular formula is C23H28N2O5S. The van der Waals surface area contributed by atoms with E-state index in [9.17, 15) is 18.0 Å². The molecule has 1 fully saturated rings. The van der Waals surface area contributed by atoms with Crippen LogP contribution >= 0.6 is 0 Å². The molecule has 0 aliphatic carbocycles. The molecule has 1 aliphatic rings. The van der Waals surface area contributed by atoms with Gasteiger partial charge in [0.05, 0.1) is 11.5 Å². The molecule has 1 saturated heterocycles. The Bertz CT molecular complexity index is 982. The lowest BCUT2D eigenvalue weighted by Gasteiger charge is -2.32. The number of amides is 1. The van der Waals surface area contributed by atoms with Gasteiger partial charge in [0.25, 0.3) is 0 Å². The number of ketones is 1. The smallest absolute Gasteiger partial charge is 0.240 e. The van der Waals surface area contributed by atoms with Crippen LogP contribution in [0.15, 0.2) is 59.5 Å². The summed E-state index contributed by atoms with van der Waals surface area (Å²) in [6, 6.07) is 15.4. The molecule has 7 nitrogen and oxygen atoms in total. The summed E-state index contributed by atoms with van der Waals surface area (Å²) in [5, 5.41) is 0. The Kier molecular flexibility index (Phi) is 7.81. The lowest BCUT2D eigenvalue weighted by Crippen LogP contribution is -2.41. The third-order valence-corrected chi connectivity index (χ3v) is 6.88. The fraction of sp³-hybridized carbons (Fsp3) is 0.391. The molecule has 0 spiro atoms. The molecular weight excluding hydrogens is 416 g/mol. The van der Waals surface area contributed by atoms with E-state index in [0.717, 1.165) is 18.6 Å². The Labute approximate surface area is 183 Å². The van der Waals surface area contributed by atoms with Gasteiger partial charge in [-0.2, -0.15) is 0 Å². The van der Waals surface area contributed by atoms with E-state index in [-0.39, 0.29) is 29.6 Å². The molecule has 0 radical (unpaired) electrons. The van der Waals surface area contributed by atoms with Crippen molar-refractivity contribution in [3.63, 3.8) is 0 Å². The van der Waals surface area contributed by atoms with Crippen LogP contribution in [0.2, 0.25) is 0 Å². The van der Waals surface area contributed by atoms with Gasteiger partial charge in [-0.25, -0.2) is 13.1 Å². The van der Waals surface area contributed by atoms with Crippen LogP contribution in [0, 0.1) is 5.92 Å². The van der Waals surface area contributed by atoms with Crippen LogP contribution in [0.25, 0.3) is 0 Å². The summed E-state index contributed by atoms with van der Waals surface area (Å²) in [6.45, 7) is 3.40. The number of Topliss-reactive ketones (excluding diaryl/α,β-unsaturated/α-hetero) is 1. The summed E-state index contributed by atoms with van der Waals surface area (Å²) in [7, 11) is -3.72. The van der Waals surface area contributed by atoms with Crippen molar-refractivity contribution in [1.29, 1.82) is 0 Å². The number of ether oxygens (including phenoxy) is 1. The van der Waals surface area contributed by atoms with Crippen molar-refractivity contribution in [3.8, 4) is 5.75 Å². The zero-order valence-corrected chi connectivity index (χ0v) is 18.4. The minimum absolute atomic E-state index is 0.0344. The summed E-state index contributed by atoms with van der Waals surface area (Å²) >= 11 is 0. The highest BCUT2D eigenvalue weighted by Crippen LogP contribution is 2.20. The molecule has 0 aromatic heterocycles. The van der Waals surface area contributed by atoms with E-state index in [4.69, 9.17) is 4.74 Å². The van der Waals surface area contributed by atoms with Crippen molar-refractivity contribution in [2.45, 2.75) is 31.1 Å². The molecule has 8 heteroatoms. The van der Waals surface area contributed by atoms with Crippen molar-refractivity contribution in [3.05, 3.63) is 60.2 Å². The molecule has 31 heavy (non-hydrogen) atoms. The number of hydrogen-bond donors (Lipinski definition) is 1. The fourth-order valence-electron chi connectivity index (χ4n) is 3.48. The number of sulfonamides is 1. The van der Waals surface area contributed by atoms with Crippen LogP contribution in [0.4, 0.5) is 0 Å². The first-order valence-corrected chi connectivity index (χ1v) is 11.9. The van der Waals surface area contributed by atoms with Gasteiger partial charge in [0, 0.05) is 31.6 Å². The molecule has 166 valence electrons. The summed E-state index contributed by atoms with van der Waals surface area (Å²) in [6.07, 6.45) is 1.84. The number of hydrogen-bond acceptors (Lipinski definition) is 5. The topological polar surface area (TPSA) is 92.8 Å². The minimum atomic E-state index is -3.72. The van der Waals surface area contributed by atoms with Crippen molar-refractivity contribution in [2.75, 3.05) is 26.2 Å². The second kappa shape index (κ2) is 10.5. The standard InChI is InChI=1S/C23H28N2O5S/c1-18(26)20-7-9-22(10-8-20)31(28,29)24-14-11-23(27)25-15-12-19(13-16-25)17-30-21-5-3-2-4-6-21/h2-10,19,24H,11-17H2,1H3. The maximum Gasteiger partial charge on any atom is 0.240 e. The van der Waals surface area contributed by atoms with Gasteiger partial charge in [0.1, 0.15) is 5.75 Å². The number of likely N-dealkylation sites (tertiary alicyclic amines) is 1. The monoisotopic (exact) mass is 444 g/mol. The fourth-order valence-corrected chi connectivity index (χ4v) is 4.51. The maximum absolute atomic E-state index is 12.4. The van der Waals surface area contributed by atoms with Crippen molar-refractivity contribution in [1.82, 2.24) is 9.62 Å². The number of nitrogens with one attached hydrogen (secondary N) is 1. The van der Waals surface area contributed by atoms with Gasteiger partial charge < -0.3 is 9.64 Å².